The second kappa shape index (κ2) is 6.87. The molecule has 120 valence electrons. The number of nitrogens with zero attached hydrogens (tertiary/aromatic N) is 2. The molecule has 0 aromatic carbocycles. The van der Waals surface area contributed by atoms with Gasteiger partial charge < -0.3 is 9.47 Å². The Hall–Kier alpha value is -2.27. The molecule has 1 saturated heterocycles. The van der Waals surface area contributed by atoms with Gasteiger partial charge in [0.15, 0.2) is 5.78 Å². The van der Waals surface area contributed by atoms with Crippen molar-refractivity contribution in [3.8, 4) is 5.75 Å². The summed E-state index contributed by atoms with van der Waals surface area (Å²) in [5.41, 5.74) is 3.00. The minimum absolute atomic E-state index is 0.0542. The van der Waals surface area contributed by atoms with Crippen LogP contribution < -0.4 is 4.74 Å². The van der Waals surface area contributed by atoms with E-state index < -0.39 is 0 Å². The van der Waals surface area contributed by atoms with Gasteiger partial charge >= 0.3 is 0 Å². The Balaban J connectivity index is 1.74. The average Bonchev–Trinajstić information content (AvgIpc) is 3.02. The van der Waals surface area contributed by atoms with E-state index in [1.54, 1.807) is 12.3 Å². The van der Waals surface area contributed by atoms with Crippen molar-refractivity contribution in [3.05, 3.63) is 53.1 Å². The highest BCUT2D eigenvalue weighted by molar-refractivity contribution is 5.95. The van der Waals surface area contributed by atoms with Gasteiger partial charge in [0, 0.05) is 36.1 Å². The summed E-state index contributed by atoms with van der Waals surface area (Å²) < 4.78 is 11.2. The fourth-order valence-electron chi connectivity index (χ4n) is 2.50. The topological polar surface area (TPSA) is 61.3 Å². The molecule has 0 bridgehead atoms. The molecule has 1 fully saturated rings. The first-order valence-corrected chi connectivity index (χ1v) is 7.78. The monoisotopic (exact) mass is 312 g/mol. The Kier molecular flexibility index (Phi) is 4.67. The van der Waals surface area contributed by atoms with Gasteiger partial charge in [0.1, 0.15) is 17.5 Å². The van der Waals surface area contributed by atoms with Crippen LogP contribution >= 0.6 is 0 Å². The van der Waals surface area contributed by atoms with Gasteiger partial charge in [-0.2, -0.15) is 0 Å². The van der Waals surface area contributed by atoms with Crippen LogP contribution in [0.3, 0.4) is 0 Å². The lowest BCUT2D eigenvalue weighted by Gasteiger charge is -2.13. The average molecular weight is 312 g/mol. The Morgan fingerprint density at radius 2 is 2.22 bits per heavy atom. The second-order valence-electron chi connectivity index (χ2n) is 5.86. The van der Waals surface area contributed by atoms with Gasteiger partial charge in [-0.25, -0.2) is 4.98 Å². The molecular formula is C18H20N2O3. The van der Waals surface area contributed by atoms with Gasteiger partial charge in [-0.1, -0.05) is 6.07 Å². The normalized spacial score (nSPS) is 17.2. The minimum Gasteiger partial charge on any atom is -0.488 e. The van der Waals surface area contributed by atoms with E-state index in [1.165, 1.54) is 0 Å². The minimum atomic E-state index is -0.0578. The molecule has 5 nitrogen and oxygen atoms in total. The molecule has 1 aliphatic rings. The van der Waals surface area contributed by atoms with Gasteiger partial charge in [0.25, 0.3) is 0 Å². The smallest absolute Gasteiger partial charge is 0.187 e. The first-order chi connectivity index (χ1) is 11.1. The first-order valence-electron chi connectivity index (χ1n) is 7.78. The maximum Gasteiger partial charge on any atom is 0.187 e. The number of ketones is 1. The summed E-state index contributed by atoms with van der Waals surface area (Å²) in [7, 11) is 0. The van der Waals surface area contributed by atoms with Crippen molar-refractivity contribution in [1.29, 1.82) is 0 Å². The number of hydrogen-bond acceptors (Lipinski definition) is 5. The molecular weight excluding hydrogens is 292 g/mol. The van der Waals surface area contributed by atoms with Gasteiger partial charge in [-0.3, -0.25) is 9.78 Å². The number of aromatic nitrogens is 2. The number of hydrogen-bond donors (Lipinski definition) is 0. The molecule has 3 heterocycles. The summed E-state index contributed by atoms with van der Waals surface area (Å²) in [5, 5.41) is 0. The van der Waals surface area contributed by atoms with Gasteiger partial charge in [-0.15, -0.1) is 0 Å². The quantitative estimate of drug-likeness (QED) is 0.794. The van der Waals surface area contributed by atoms with Gasteiger partial charge in [-0.05, 0) is 25.5 Å². The number of rotatable bonds is 5. The van der Waals surface area contributed by atoms with E-state index >= 15 is 0 Å². The molecule has 2 aromatic rings. The molecule has 0 N–H and O–H groups in total. The van der Waals surface area contributed by atoms with E-state index in [9.17, 15) is 4.79 Å². The van der Waals surface area contributed by atoms with Crippen molar-refractivity contribution in [2.45, 2.75) is 32.8 Å². The zero-order chi connectivity index (χ0) is 16.2. The summed E-state index contributed by atoms with van der Waals surface area (Å²) in [6.07, 6.45) is 2.93. The Morgan fingerprint density at radius 1 is 1.35 bits per heavy atom. The molecule has 0 saturated carbocycles. The number of carbonyl (C=O) groups is 1. The van der Waals surface area contributed by atoms with Crippen LogP contribution in [0.15, 0.2) is 30.5 Å². The summed E-state index contributed by atoms with van der Waals surface area (Å²) >= 11 is 0. The predicted octanol–water partition coefficient (Wildman–Crippen LogP) is 2.69. The standard InChI is InChI=1S/C18H20N2O3/c1-12-3-4-14(19-10-12)8-18(21)17-9-16(7-13(2)20-17)23-15-5-6-22-11-15/h3-4,7,9-10,15H,5-6,8,11H2,1-2H3/t15-/m0/s1. The van der Waals surface area contributed by atoms with Crippen LogP contribution in [0.2, 0.25) is 0 Å². The summed E-state index contributed by atoms with van der Waals surface area (Å²) in [4.78, 5) is 21.1. The molecule has 1 aliphatic heterocycles. The van der Waals surface area contributed by atoms with Crippen molar-refractivity contribution >= 4 is 5.78 Å². The molecule has 23 heavy (non-hydrogen) atoms. The van der Waals surface area contributed by atoms with E-state index in [0.717, 1.165) is 30.0 Å². The molecule has 0 spiro atoms. The van der Waals surface area contributed by atoms with Crippen molar-refractivity contribution in [1.82, 2.24) is 9.97 Å². The number of pyridine rings is 2. The summed E-state index contributed by atoms with van der Waals surface area (Å²) in [6, 6.07) is 7.38. The number of ether oxygens (including phenoxy) is 2. The largest absolute Gasteiger partial charge is 0.488 e. The lowest BCUT2D eigenvalue weighted by molar-refractivity contribution is 0.0985. The van der Waals surface area contributed by atoms with Crippen LogP contribution in [0.5, 0.6) is 5.75 Å². The van der Waals surface area contributed by atoms with Crippen molar-refractivity contribution in [2.24, 2.45) is 0 Å². The highest BCUT2D eigenvalue weighted by atomic mass is 16.5. The molecule has 0 amide bonds. The van der Waals surface area contributed by atoms with Gasteiger partial charge in [0.2, 0.25) is 0 Å². The highest BCUT2D eigenvalue weighted by Crippen LogP contribution is 2.20. The lowest BCUT2D eigenvalue weighted by atomic mass is 10.1. The van der Waals surface area contributed by atoms with Crippen molar-refractivity contribution in [2.75, 3.05) is 13.2 Å². The van der Waals surface area contributed by atoms with E-state index in [1.807, 2.05) is 32.0 Å². The summed E-state index contributed by atoms with van der Waals surface area (Å²) in [5.74, 6) is 0.616. The maximum atomic E-state index is 12.5. The van der Waals surface area contributed by atoms with Crippen LogP contribution in [0, 0.1) is 13.8 Å². The predicted molar refractivity (Wildman–Crippen MR) is 85.8 cm³/mol. The second-order valence-corrected chi connectivity index (χ2v) is 5.86. The zero-order valence-corrected chi connectivity index (χ0v) is 13.4. The molecule has 2 aromatic heterocycles. The fourth-order valence-corrected chi connectivity index (χ4v) is 2.50. The van der Waals surface area contributed by atoms with E-state index in [2.05, 4.69) is 9.97 Å². The van der Waals surface area contributed by atoms with Crippen molar-refractivity contribution < 1.29 is 14.3 Å². The van der Waals surface area contributed by atoms with Crippen LogP contribution in [0.1, 0.15) is 33.9 Å². The highest BCUT2D eigenvalue weighted by Gasteiger charge is 2.19. The van der Waals surface area contributed by atoms with Crippen molar-refractivity contribution in [3.63, 3.8) is 0 Å². The van der Waals surface area contributed by atoms with Crippen LogP contribution in [0.25, 0.3) is 0 Å². The Morgan fingerprint density at radius 3 is 2.91 bits per heavy atom. The van der Waals surface area contributed by atoms with E-state index in [4.69, 9.17) is 9.47 Å². The number of carbonyl (C=O) groups excluding carboxylic acids is 1. The molecule has 0 radical (unpaired) electrons. The molecule has 0 unspecified atom stereocenters. The fraction of sp³-hybridized carbons (Fsp3) is 0.389. The van der Waals surface area contributed by atoms with Crippen LogP contribution in [-0.2, 0) is 11.2 Å². The Bertz CT molecular complexity index is 692. The molecule has 5 heteroatoms. The Labute approximate surface area is 135 Å². The van der Waals surface area contributed by atoms with Crippen LogP contribution in [-0.4, -0.2) is 35.1 Å². The van der Waals surface area contributed by atoms with Crippen LogP contribution in [0.4, 0.5) is 0 Å². The van der Waals surface area contributed by atoms with E-state index in [-0.39, 0.29) is 18.3 Å². The molecule has 0 aliphatic carbocycles. The summed E-state index contributed by atoms with van der Waals surface area (Å²) in [6.45, 7) is 5.15. The molecule has 1 atom stereocenters. The third-order valence-electron chi connectivity index (χ3n) is 3.72. The molecule has 3 rings (SSSR count). The third-order valence-corrected chi connectivity index (χ3v) is 3.72. The lowest BCUT2D eigenvalue weighted by Crippen LogP contribution is -2.16. The van der Waals surface area contributed by atoms with Gasteiger partial charge in [0.05, 0.1) is 19.6 Å². The maximum absolute atomic E-state index is 12.5. The third kappa shape index (κ3) is 4.13. The first kappa shape index (κ1) is 15.6. The number of aryl methyl sites for hydroxylation is 2. The van der Waals surface area contributed by atoms with E-state index in [0.29, 0.717) is 18.1 Å². The zero-order valence-electron chi connectivity index (χ0n) is 13.4. The number of Topliss-reactive ketones (excluding diaryl/α,β-unsaturated/α-hetero) is 1. The SMILES string of the molecule is Cc1ccc(CC(=O)c2cc(O[C@H]3CCOC3)cc(C)n2)nc1.